The van der Waals surface area contributed by atoms with Crippen LogP contribution in [0.15, 0.2) is 47.4 Å². The fourth-order valence-corrected chi connectivity index (χ4v) is 4.74. The van der Waals surface area contributed by atoms with E-state index >= 15 is 0 Å². The number of hydrogen-bond donors (Lipinski definition) is 1. The van der Waals surface area contributed by atoms with E-state index in [1.807, 2.05) is 0 Å². The Morgan fingerprint density at radius 2 is 1.93 bits per heavy atom. The van der Waals surface area contributed by atoms with Gasteiger partial charge in [-0.25, -0.2) is 12.8 Å². The number of carbonyl (C=O) groups excluding carboxylic acids is 1. The van der Waals surface area contributed by atoms with Crippen LogP contribution in [0.2, 0.25) is 0 Å². The van der Waals surface area contributed by atoms with E-state index in [1.54, 1.807) is 25.1 Å². The Morgan fingerprint density at radius 3 is 2.60 bits per heavy atom. The molecule has 1 aliphatic heterocycles. The number of hydrogen-bond acceptors (Lipinski definition) is 5. The average molecular weight is 437 g/mol. The van der Waals surface area contributed by atoms with Gasteiger partial charge in [-0.2, -0.15) is 4.31 Å². The summed E-state index contributed by atoms with van der Waals surface area (Å²) in [7, 11) is -2.35. The van der Waals surface area contributed by atoms with E-state index in [2.05, 4.69) is 5.32 Å². The zero-order chi connectivity index (χ0) is 21.7. The van der Waals surface area contributed by atoms with Gasteiger partial charge in [0.15, 0.2) is 0 Å². The van der Waals surface area contributed by atoms with E-state index in [-0.39, 0.29) is 41.2 Å². The lowest BCUT2D eigenvalue weighted by Crippen LogP contribution is -2.40. The number of methoxy groups -OCH3 is 1. The lowest BCUT2D eigenvalue weighted by molar-refractivity contribution is 0.0730. The van der Waals surface area contributed by atoms with Crippen molar-refractivity contribution in [3.05, 3.63) is 59.4 Å². The molecule has 1 saturated heterocycles. The van der Waals surface area contributed by atoms with Crippen LogP contribution in [-0.2, 0) is 21.2 Å². The SMILES string of the molecule is COc1ccc(S(=O)(=O)N2CCOCC2)cc1C(=O)NC(C)Cc1ccccc1F. The summed E-state index contributed by atoms with van der Waals surface area (Å²) in [6.07, 6.45) is 0.298. The van der Waals surface area contributed by atoms with Gasteiger partial charge < -0.3 is 14.8 Å². The molecule has 3 rings (SSSR count). The van der Waals surface area contributed by atoms with Gasteiger partial charge in [-0.15, -0.1) is 0 Å². The minimum Gasteiger partial charge on any atom is -0.496 e. The molecule has 0 aliphatic carbocycles. The summed E-state index contributed by atoms with van der Waals surface area (Å²) in [5, 5.41) is 2.79. The van der Waals surface area contributed by atoms with Crippen LogP contribution in [-0.4, -0.2) is 58.1 Å². The molecule has 1 heterocycles. The summed E-state index contributed by atoms with van der Waals surface area (Å²) in [6, 6.07) is 10.2. The first-order chi connectivity index (χ1) is 14.3. The first-order valence-corrected chi connectivity index (χ1v) is 11.1. The largest absolute Gasteiger partial charge is 0.496 e. The third-order valence-electron chi connectivity index (χ3n) is 4.88. The van der Waals surface area contributed by atoms with Crippen molar-refractivity contribution in [2.24, 2.45) is 0 Å². The molecule has 0 saturated carbocycles. The monoisotopic (exact) mass is 436 g/mol. The van der Waals surface area contributed by atoms with Crippen LogP contribution < -0.4 is 10.1 Å². The van der Waals surface area contributed by atoms with Gasteiger partial charge in [0.1, 0.15) is 11.6 Å². The minimum absolute atomic E-state index is 0.0112. The van der Waals surface area contributed by atoms with Crippen LogP contribution in [0.3, 0.4) is 0 Å². The molecule has 0 radical (unpaired) electrons. The fraction of sp³-hybridized carbons (Fsp3) is 0.381. The standard InChI is InChI=1S/C21H25FN2O5S/c1-15(13-16-5-3-4-6-19(16)22)23-21(25)18-14-17(7-8-20(18)28-2)30(26,27)24-9-11-29-12-10-24/h3-8,14-15H,9-13H2,1-2H3,(H,23,25). The summed E-state index contributed by atoms with van der Waals surface area (Å²) in [6.45, 7) is 2.93. The number of carbonyl (C=O) groups is 1. The Hall–Kier alpha value is -2.49. The van der Waals surface area contributed by atoms with Crippen molar-refractivity contribution in [2.75, 3.05) is 33.4 Å². The van der Waals surface area contributed by atoms with Gasteiger partial charge in [0.05, 0.1) is 30.8 Å². The number of nitrogens with one attached hydrogen (secondary N) is 1. The van der Waals surface area contributed by atoms with Gasteiger partial charge in [0.25, 0.3) is 5.91 Å². The normalized spacial score (nSPS) is 16.1. The molecule has 1 unspecified atom stereocenters. The summed E-state index contributed by atoms with van der Waals surface area (Å²) < 4.78 is 51.5. The third kappa shape index (κ3) is 4.97. The molecular formula is C21H25FN2O5S. The predicted molar refractivity (Wildman–Crippen MR) is 110 cm³/mol. The Bertz CT molecular complexity index is 1010. The van der Waals surface area contributed by atoms with E-state index in [0.29, 0.717) is 25.2 Å². The van der Waals surface area contributed by atoms with Crippen LogP contribution >= 0.6 is 0 Å². The first kappa shape index (κ1) is 22.2. The van der Waals surface area contributed by atoms with Crippen molar-refractivity contribution in [3.63, 3.8) is 0 Å². The van der Waals surface area contributed by atoms with E-state index in [0.717, 1.165) is 0 Å². The zero-order valence-electron chi connectivity index (χ0n) is 16.9. The molecule has 2 aromatic rings. The lowest BCUT2D eigenvalue weighted by atomic mass is 10.1. The Labute approximate surface area is 175 Å². The van der Waals surface area contributed by atoms with Crippen molar-refractivity contribution in [1.82, 2.24) is 9.62 Å². The number of benzene rings is 2. The van der Waals surface area contributed by atoms with E-state index in [9.17, 15) is 17.6 Å². The Balaban J connectivity index is 1.80. The molecule has 1 amide bonds. The molecule has 1 N–H and O–H groups in total. The van der Waals surface area contributed by atoms with Crippen molar-refractivity contribution < 1.29 is 27.1 Å². The van der Waals surface area contributed by atoms with Crippen LogP contribution in [0.1, 0.15) is 22.8 Å². The number of amides is 1. The van der Waals surface area contributed by atoms with E-state index < -0.39 is 15.9 Å². The highest BCUT2D eigenvalue weighted by Crippen LogP contribution is 2.25. The summed E-state index contributed by atoms with van der Waals surface area (Å²) >= 11 is 0. The van der Waals surface area contributed by atoms with Crippen molar-refractivity contribution in [2.45, 2.75) is 24.3 Å². The fourth-order valence-electron chi connectivity index (χ4n) is 3.31. The first-order valence-electron chi connectivity index (χ1n) is 9.63. The van der Waals surface area contributed by atoms with Crippen LogP contribution in [0, 0.1) is 5.82 Å². The maximum absolute atomic E-state index is 13.9. The Morgan fingerprint density at radius 1 is 1.23 bits per heavy atom. The predicted octanol–water partition coefficient (Wildman–Crippen LogP) is 2.22. The third-order valence-corrected chi connectivity index (χ3v) is 6.78. The highest BCUT2D eigenvalue weighted by molar-refractivity contribution is 7.89. The molecule has 1 atom stereocenters. The van der Waals surface area contributed by atoms with Gasteiger partial charge in [-0.05, 0) is 43.2 Å². The van der Waals surface area contributed by atoms with E-state index in [4.69, 9.17) is 9.47 Å². The van der Waals surface area contributed by atoms with Crippen LogP contribution in [0.4, 0.5) is 4.39 Å². The second-order valence-electron chi connectivity index (χ2n) is 7.05. The minimum atomic E-state index is -3.76. The topological polar surface area (TPSA) is 84.9 Å². The molecule has 30 heavy (non-hydrogen) atoms. The molecule has 2 aromatic carbocycles. The second-order valence-corrected chi connectivity index (χ2v) is 8.99. The average Bonchev–Trinajstić information content (AvgIpc) is 2.75. The number of nitrogens with zero attached hydrogens (tertiary/aromatic N) is 1. The number of morpholine rings is 1. The van der Waals surface area contributed by atoms with Crippen molar-refractivity contribution >= 4 is 15.9 Å². The number of halogens is 1. The Kier molecular flexibility index (Phi) is 7.06. The van der Waals surface area contributed by atoms with Crippen molar-refractivity contribution in [3.8, 4) is 5.75 Å². The van der Waals surface area contributed by atoms with Gasteiger partial charge in [0, 0.05) is 19.1 Å². The van der Waals surface area contributed by atoms with Gasteiger partial charge >= 0.3 is 0 Å². The molecular weight excluding hydrogens is 411 g/mol. The molecule has 9 heteroatoms. The number of ether oxygens (including phenoxy) is 2. The summed E-state index contributed by atoms with van der Waals surface area (Å²) in [5.74, 6) is -0.573. The molecule has 1 fully saturated rings. The van der Waals surface area contributed by atoms with Gasteiger partial charge in [-0.1, -0.05) is 18.2 Å². The number of sulfonamides is 1. The summed E-state index contributed by atoms with van der Waals surface area (Å²) in [5.41, 5.74) is 0.591. The van der Waals surface area contributed by atoms with Crippen LogP contribution in [0.5, 0.6) is 5.75 Å². The smallest absolute Gasteiger partial charge is 0.255 e. The number of rotatable bonds is 7. The second kappa shape index (κ2) is 9.55. The van der Waals surface area contributed by atoms with Gasteiger partial charge in [-0.3, -0.25) is 4.79 Å². The quantitative estimate of drug-likeness (QED) is 0.720. The zero-order valence-corrected chi connectivity index (χ0v) is 17.7. The molecule has 0 bridgehead atoms. The van der Waals surface area contributed by atoms with E-state index in [1.165, 1.54) is 35.7 Å². The highest BCUT2D eigenvalue weighted by atomic mass is 32.2. The maximum Gasteiger partial charge on any atom is 0.255 e. The van der Waals surface area contributed by atoms with Crippen molar-refractivity contribution in [1.29, 1.82) is 0 Å². The molecule has 0 spiro atoms. The molecule has 1 aliphatic rings. The molecule has 7 nitrogen and oxygen atoms in total. The highest BCUT2D eigenvalue weighted by Gasteiger charge is 2.28. The van der Waals surface area contributed by atoms with Crippen LogP contribution in [0.25, 0.3) is 0 Å². The lowest BCUT2D eigenvalue weighted by Gasteiger charge is -2.26. The summed E-state index contributed by atoms with van der Waals surface area (Å²) in [4.78, 5) is 12.9. The molecule has 0 aromatic heterocycles. The molecule has 162 valence electrons. The van der Waals surface area contributed by atoms with Gasteiger partial charge in [0.2, 0.25) is 10.0 Å². The maximum atomic E-state index is 13.9.